The SMILES string of the molecule is Cc1noc(-c2ccc(-c3ccc(C4(C(=O)O)CC4)cc3)cc2)c1C=CCC(C)c1ccccc1. The lowest BCUT2D eigenvalue weighted by Gasteiger charge is -2.11. The number of hydrogen-bond acceptors (Lipinski definition) is 3. The zero-order chi connectivity index (χ0) is 24.4. The molecule has 4 heteroatoms. The Morgan fingerprint density at radius 2 is 1.57 bits per heavy atom. The van der Waals surface area contributed by atoms with Crippen LogP contribution in [0.15, 0.2) is 89.5 Å². The van der Waals surface area contributed by atoms with Gasteiger partial charge in [0.25, 0.3) is 0 Å². The molecular formula is C31H29NO3. The van der Waals surface area contributed by atoms with E-state index in [2.05, 4.69) is 60.6 Å². The average molecular weight is 464 g/mol. The van der Waals surface area contributed by atoms with Crippen LogP contribution >= 0.6 is 0 Å². The normalized spacial score (nSPS) is 15.3. The number of rotatable bonds is 8. The third-order valence-electron chi connectivity index (χ3n) is 7.13. The summed E-state index contributed by atoms with van der Waals surface area (Å²) < 4.78 is 5.69. The van der Waals surface area contributed by atoms with Gasteiger partial charge in [0.15, 0.2) is 5.76 Å². The van der Waals surface area contributed by atoms with Crippen LogP contribution in [-0.4, -0.2) is 16.2 Å². The molecule has 1 unspecified atom stereocenters. The lowest BCUT2D eigenvalue weighted by atomic mass is 9.93. The summed E-state index contributed by atoms with van der Waals surface area (Å²) in [5.41, 5.74) is 6.54. The number of allylic oxidation sites excluding steroid dienone is 1. The van der Waals surface area contributed by atoms with E-state index in [1.807, 2.05) is 49.4 Å². The molecule has 1 N–H and O–H groups in total. The lowest BCUT2D eigenvalue weighted by Crippen LogP contribution is -2.19. The molecule has 1 saturated carbocycles. The van der Waals surface area contributed by atoms with Crippen molar-refractivity contribution >= 4 is 12.0 Å². The predicted molar refractivity (Wildman–Crippen MR) is 139 cm³/mol. The van der Waals surface area contributed by atoms with Gasteiger partial charge in [0, 0.05) is 11.1 Å². The second kappa shape index (κ2) is 9.38. The summed E-state index contributed by atoms with van der Waals surface area (Å²) in [6.07, 6.45) is 6.68. The Bertz CT molecular complexity index is 1340. The largest absolute Gasteiger partial charge is 0.481 e. The first-order valence-electron chi connectivity index (χ1n) is 12.1. The monoisotopic (exact) mass is 463 g/mol. The van der Waals surface area contributed by atoms with Crippen LogP contribution in [0.2, 0.25) is 0 Å². The number of carboxylic acid groups (broad SMARTS) is 1. The van der Waals surface area contributed by atoms with Gasteiger partial charge < -0.3 is 9.63 Å². The summed E-state index contributed by atoms with van der Waals surface area (Å²) in [5.74, 6) is 0.480. The second-order valence-electron chi connectivity index (χ2n) is 9.50. The topological polar surface area (TPSA) is 63.3 Å². The maximum absolute atomic E-state index is 11.6. The summed E-state index contributed by atoms with van der Waals surface area (Å²) >= 11 is 0. The summed E-state index contributed by atoms with van der Waals surface area (Å²) in [4.78, 5) is 11.6. The number of benzene rings is 3. The number of hydrogen-bond donors (Lipinski definition) is 1. The van der Waals surface area contributed by atoms with Gasteiger partial charge in [-0.05, 0) is 54.4 Å². The van der Waals surface area contributed by atoms with E-state index in [0.717, 1.165) is 58.5 Å². The van der Waals surface area contributed by atoms with Gasteiger partial charge in [-0.1, -0.05) is 103 Å². The third-order valence-corrected chi connectivity index (χ3v) is 7.13. The maximum Gasteiger partial charge on any atom is 0.314 e. The molecular weight excluding hydrogens is 434 g/mol. The van der Waals surface area contributed by atoms with Gasteiger partial charge in [-0.2, -0.15) is 0 Å². The maximum atomic E-state index is 11.6. The zero-order valence-corrected chi connectivity index (χ0v) is 20.1. The molecule has 35 heavy (non-hydrogen) atoms. The van der Waals surface area contributed by atoms with Gasteiger partial charge >= 0.3 is 5.97 Å². The molecule has 1 aliphatic carbocycles. The van der Waals surface area contributed by atoms with Gasteiger partial charge in [-0.15, -0.1) is 0 Å². The standard InChI is InChI=1S/C31H29NO3/c1-21(23-8-4-3-5-9-23)7-6-10-28-22(2)32-35-29(28)26-13-11-24(12-14-26)25-15-17-27(18-16-25)31(19-20-31)30(33)34/h3-6,8-18,21H,7,19-20H2,1-2H3,(H,33,34). The minimum absolute atomic E-state index is 0.437. The molecule has 0 spiro atoms. The number of nitrogens with zero attached hydrogens (tertiary/aromatic N) is 1. The molecule has 1 aromatic heterocycles. The Kier molecular flexibility index (Phi) is 6.12. The quantitative estimate of drug-likeness (QED) is 0.292. The Morgan fingerprint density at radius 1 is 0.971 bits per heavy atom. The predicted octanol–water partition coefficient (Wildman–Crippen LogP) is 7.64. The van der Waals surface area contributed by atoms with Crippen molar-refractivity contribution in [3.8, 4) is 22.5 Å². The van der Waals surface area contributed by atoms with Crippen LogP contribution in [0.3, 0.4) is 0 Å². The van der Waals surface area contributed by atoms with Crippen molar-refractivity contribution in [3.05, 3.63) is 107 Å². The van der Waals surface area contributed by atoms with Gasteiger partial charge in [0.1, 0.15) is 0 Å². The van der Waals surface area contributed by atoms with Crippen molar-refractivity contribution in [2.45, 2.75) is 44.4 Å². The van der Waals surface area contributed by atoms with Crippen LogP contribution < -0.4 is 0 Å². The van der Waals surface area contributed by atoms with E-state index in [1.54, 1.807) is 0 Å². The van der Waals surface area contributed by atoms with Crippen molar-refractivity contribution in [3.63, 3.8) is 0 Å². The zero-order valence-electron chi connectivity index (χ0n) is 20.1. The first-order valence-corrected chi connectivity index (χ1v) is 12.1. The van der Waals surface area contributed by atoms with E-state index in [4.69, 9.17) is 4.52 Å². The first-order chi connectivity index (χ1) is 17.0. The fraction of sp³-hybridized carbons (Fsp3) is 0.226. The number of aliphatic carboxylic acids is 1. The van der Waals surface area contributed by atoms with Gasteiger partial charge in [-0.25, -0.2) is 0 Å². The molecule has 1 heterocycles. The van der Waals surface area contributed by atoms with E-state index < -0.39 is 11.4 Å². The highest BCUT2D eigenvalue weighted by Gasteiger charge is 2.51. The molecule has 0 saturated heterocycles. The molecule has 0 radical (unpaired) electrons. The molecule has 1 aliphatic rings. The van der Waals surface area contributed by atoms with E-state index in [9.17, 15) is 9.90 Å². The fourth-order valence-corrected chi connectivity index (χ4v) is 4.64. The van der Waals surface area contributed by atoms with Gasteiger partial charge in [0.05, 0.1) is 11.1 Å². The van der Waals surface area contributed by atoms with Crippen molar-refractivity contribution in [1.29, 1.82) is 0 Å². The molecule has 0 amide bonds. The molecule has 5 rings (SSSR count). The molecule has 3 aromatic carbocycles. The fourth-order valence-electron chi connectivity index (χ4n) is 4.64. The summed E-state index contributed by atoms with van der Waals surface area (Å²) in [6, 6.07) is 26.7. The van der Waals surface area contributed by atoms with Crippen LogP contribution in [0, 0.1) is 6.92 Å². The Hall–Kier alpha value is -3.92. The minimum atomic E-state index is -0.726. The summed E-state index contributed by atoms with van der Waals surface area (Å²) in [5, 5.41) is 13.7. The minimum Gasteiger partial charge on any atom is -0.481 e. The Morgan fingerprint density at radius 3 is 2.17 bits per heavy atom. The van der Waals surface area contributed by atoms with E-state index in [1.165, 1.54) is 5.56 Å². The van der Waals surface area contributed by atoms with Crippen LogP contribution in [0.1, 0.15) is 54.5 Å². The summed E-state index contributed by atoms with van der Waals surface area (Å²) in [7, 11) is 0. The highest BCUT2D eigenvalue weighted by molar-refractivity contribution is 5.85. The van der Waals surface area contributed by atoms with Crippen LogP contribution in [0.5, 0.6) is 0 Å². The molecule has 176 valence electrons. The lowest BCUT2D eigenvalue weighted by molar-refractivity contribution is -0.140. The van der Waals surface area contributed by atoms with Crippen molar-refractivity contribution < 1.29 is 14.4 Å². The first kappa shape index (κ1) is 22.9. The molecule has 4 nitrogen and oxygen atoms in total. The van der Waals surface area contributed by atoms with Crippen LogP contribution in [0.4, 0.5) is 0 Å². The van der Waals surface area contributed by atoms with Crippen LogP contribution in [0.25, 0.3) is 28.5 Å². The van der Waals surface area contributed by atoms with Crippen molar-refractivity contribution in [1.82, 2.24) is 5.16 Å². The van der Waals surface area contributed by atoms with Crippen molar-refractivity contribution in [2.75, 3.05) is 0 Å². The van der Waals surface area contributed by atoms with Crippen LogP contribution in [-0.2, 0) is 10.2 Å². The number of carbonyl (C=O) groups is 1. The van der Waals surface area contributed by atoms with E-state index in [0.29, 0.717) is 5.92 Å². The van der Waals surface area contributed by atoms with Gasteiger partial charge in [0.2, 0.25) is 0 Å². The number of aryl methyl sites for hydroxylation is 1. The molecule has 0 bridgehead atoms. The number of aromatic nitrogens is 1. The summed E-state index contributed by atoms with van der Waals surface area (Å²) in [6.45, 7) is 4.20. The Balaban J connectivity index is 1.31. The third kappa shape index (κ3) is 4.57. The second-order valence-corrected chi connectivity index (χ2v) is 9.50. The van der Waals surface area contributed by atoms with E-state index in [-0.39, 0.29) is 0 Å². The molecule has 1 atom stereocenters. The molecule has 0 aliphatic heterocycles. The number of carboxylic acids is 1. The smallest absolute Gasteiger partial charge is 0.314 e. The molecule has 4 aromatic rings. The average Bonchev–Trinajstić information content (AvgIpc) is 3.63. The van der Waals surface area contributed by atoms with E-state index >= 15 is 0 Å². The highest BCUT2D eigenvalue weighted by Crippen LogP contribution is 2.48. The van der Waals surface area contributed by atoms with Crippen molar-refractivity contribution in [2.24, 2.45) is 0 Å². The Labute approximate surface area is 205 Å². The van der Waals surface area contributed by atoms with Gasteiger partial charge in [-0.3, -0.25) is 4.79 Å². The highest BCUT2D eigenvalue weighted by atomic mass is 16.5. The molecule has 1 fully saturated rings.